The molecule has 0 aliphatic carbocycles. The van der Waals surface area contributed by atoms with Gasteiger partial charge < -0.3 is 24.8 Å². The number of hydrogen-bond donors (Lipinski definition) is 1. The number of nitrogens with one attached hydrogen (secondary N) is 1. The third-order valence-corrected chi connectivity index (χ3v) is 4.02. The van der Waals surface area contributed by atoms with Crippen molar-refractivity contribution < 1.29 is 9.53 Å². The Hall–Kier alpha value is -2.09. The van der Waals surface area contributed by atoms with E-state index in [1.165, 1.54) is 0 Å². The first kappa shape index (κ1) is 19.2. The summed E-state index contributed by atoms with van der Waals surface area (Å²) in [6, 6.07) is 1.97. The van der Waals surface area contributed by atoms with Gasteiger partial charge in [0.25, 0.3) is 0 Å². The van der Waals surface area contributed by atoms with E-state index in [1.54, 1.807) is 4.90 Å². The van der Waals surface area contributed by atoms with Crippen LogP contribution in [-0.4, -0.2) is 85.8 Å². The van der Waals surface area contributed by atoms with E-state index in [-0.39, 0.29) is 6.09 Å². The van der Waals surface area contributed by atoms with Crippen molar-refractivity contribution >= 4 is 17.9 Å². The monoisotopic (exact) mass is 350 g/mol. The van der Waals surface area contributed by atoms with Crippen molar-refractivity contribution in [2.24, 2.45) is 0 Å². The Balaban J connectivity index is 1.90. The van der Waals surface area contributed by atoms with E-state index >= 15 is 0 Å². The lowest BCUT2D eigenvalue weighted by atomic mass is 10.3. The van der Waals surface area contributed by atoms with Gasteiger partial charge in [0, 0.05) is 44.5 Å². The maximum atomic E-state index is 11.8. The summed E-state index contributed by atoms with van der Waals surface area (Å²) in [4.78, 5) is 27.0. The number of nitrogens with zero attached hydrogens (tertiary/aromatic N) is 5. The third-order valence-electron chi connectivity index (χ3n) is 4.02. The molecule has 0 unspecified atom stereocenters. The van der Waals surface area contributed by atoms with Gasteiger partial charge in [0.2, 0.25) is 5.95 Å². The molecule has 0 bridgehead atoms. The highest BCUT2D eigenvalue weighted by atomic mass is 16.6. The van der Waals surface area contributed by atoms with E-state index in [2.05, 4.69) is 39.2 Å². The molecule has 2 rings (SSSR count). The van der Waals surface area contributed by atoms with Gasteiger partial charge >= 0.3 is 6.09 Å². The Kier molecular flexibility index (Phi) is 7.24. The number of aryl methyl sites for hydroxylation is 1. The van der Waals surface area contributed by atoms with Crippen LogP contribution in [0.1, 0.15) is 19.0 Å². The molecule has 1 aliphatic heterocycles. The molecule has 1 fully saturated rings. The number of aromatic nitrogens is 2. The van der Waals surface area contributed by atoms with Gasteiger partial charge in [0.05, 0.1) is 6.61 Å². The summed E-state index contributed by atoms with van der Waals surface area (Å²) in [5.41, 5.74) is 0.938. The van der Waals surface area contributed by atoms with Crippen LogP contribution in [0.25, 0.3) is 0 Å². The molecule has 0 radical (unpaired) electrons. The molecule has 1 saturated heterocycles. The SMILES string of the molecule is CCOC(=O)N1CCN(c2nc(C)cc(NCCCN(C)C)n2)CC1. The van der Waals surface area contributed by atoms with Crippen molar-refractivity contribution in [3.05, 3.63) is 11.8 Å². The maximum absolute atomic E-state index is 11.8. The van der Waals surface area contributed by atoms with Gasteiger partial charge in [0.1, 0.15) is 5.82 Å². The summed E-state index contributed by atoms with van der Waals surface area (Å²) in [7, 11) is 4.14. The summed E-state index contributed by atoms with van der Waals surface area (Å²) < 4.78 is 5.06. The van der Waals surface area contributed by atoms with Crippen LogP contribution in [0.15, 0.2) is 6.07 Å². The molecule has 0 saturated carbocycles. The molecule has 25 heavy (non-hydrogen) atoms. The largest absolute Gasteiger partial charge is 0.450 e. The molecule has 1 N–H and O–H groups in total. The lowest BCUT2D eigenvalue weighted by Gasteiger charge is -2.34. The Morgan fingerprint density at radius 2 is 2.00 bits per heavy atom. The first-order valence-electron chi connectivity index (χ1n) is 8.90. The van der Waals surface area contributed by atoms with Gasteiger partial charge in [0.15, 0.2) is 0 Å². The van der Waals surface area contributed by atoms with Gasteiger partial charge in [-0.05, 0) is 40.9 Å². The molecule has 8 heteroatoms. The first-order chi connectivity index (χ1) is 12.0. The molecule has 0 atom stereocenters. The predicted octanol–water partition coefficient (Wildman–Crippen LogP) is 1.43. The predicted molar refractivity (Wildman–Crippen MR) is 99.2 cm³/mol. The molecule has 0 spiro atoms. The molecule has 1 aromatic rings. The number of ether oxygens (including phenoxy) is 1. The highest BCUT2D eigenvalue weighted by Gasteiger charge is 2.23. The van der Waals surface area contributed by atoms with E-state index in [0.29, 0.717) is 32.8 Å². The van der Waals surface area contributed by atoms with Gasteiger partial charge in [-0.1, -0.05) is 0 Å². The molecule has 8 nitrogen and oxygen atoms in total. The van der Waals surface area contributed by atoms with E-state index in [9.17, 15) is 4.79 Å². The fourth-order valence-corrected chi connectivity index (χ4v) is 2.70. The van der Waals surface area contributed by atoms with E-state index in [0.717, 1.165) is 37.0 Å². The van der Waals surface area contributed by atoms with Crippen LogP contribution >= 0.6 is 0 Å². The van der Waals surface area contributed by atoms with E-state index in [4.69, 9.17) is 4.74 Å². The van der Waals surface area contributed by atoms with Crippen molar-refractivity contribution in [2.75, 3.05) is 70.2 Å². The second-order valence-electron chi connectivity index (χ2n) is 6.45. The average molecular weight is 350 g/mol. The van der Waals surface area contributed by atoms with Crippen molar-refractivity contribution in [3.8, 4) is 0 Å². The van der Waals surface area contributed by atoms with Crippen LogP contribution in [0.5, 0.6) is 0 Å². The van der Waals surface area contributed by atoms with Gasteiger partial charge in [-0.3, -0.25) is 0 Å². The third kappa shape index (κ3) is 6.04. The lowest BCUT2D eigenvalue weighted by molar-refractivity contribution is 0.105. The fraction of sp³-hybridized carbons (Fsp3) is 0.706. The molecule has 1 aromatic heterocycles. The quantitative estimate of drug-likeness (QED) is 0.746. The Bertz CT molecular complexity index is 558. The smallest absolute Gasteiger partial charge is 0.409 e. The van der Waals surface area contributed by atoms with E-state index < -0.39 is 0 Å². The molecule has 140 valence electrons. The second kappa shape index (κ2) is 9.41. The van der Waals surface area contributed by atoms with Gasteiger partial charge in [-0.25, -0.2) is 9.78 Å². The number of carbonyl (C=O) groups is 1. The van der Waals surface area contributed by atoms with Gasteiger partial charge in [-0.2, -0.15) is 4.98 Å². The normalized spacial score (nSPS) is 14.8. The van der Waals surface area contributed by atoms with Crippen molar-refractivity contribution in [1.29, 1.82) is 0 Å². The number of carbonyl (C=O) groups excluding carboxylic acids is 1. The maximum Gasteiger partial charge on any atom is 0.409 e. The number of amides is 1. The highest BCUT2D eigenvalue weighted by molar-refractivity contribution is 5.68. The number of hydrogen-bond acceptors (Lipinski definition) is 7. The number of piperazine rings is 1. The first-order valence-corrected chi connectivity index (χ1v) is 8.90. The zero-order valence-electron chi connectivity index (χ0n) is 15.8. The molecule has 1 aliphatic rings. The minimum absolute atomic E-state index is 0.240. The Morgan fingerprint density at radius 3 is 2.64 bits per heavy atom. The molecule has 1 amide bonds. The van der Waals surface area contributed by atoms with Crippen LogP contribution in [-0.2, 0) is 4.74 Å². The highest BCUT2D eigenvalue weighted by Crippen LogP contribution is 2.16. The molecular formula is C17H30N6O2. The minimum Gasteiger partial charge on any atom is -0.450 e. The van der Waals surface area contributed by atoms with E-state index in [1.807, 2.05) is 19.9 Å². The Labute approximate surface area is 150 Å². The number of anilines is 2. The summed E-state index contributed by atoms with van der Waals surface area (Å²) in [6.07, 6.45) is 0.819. The number of rotatable bonds is 7. The summed E-state index contributed by atoms with van der Waals surface area (Å²) in [5, 5.41) is 3.38. The fourth-order valence-electron chi connectivity index (χ4n) is 2.70. The van der Waals surface area contributed by atoms with Crippen LogP contribution in [0.2, 0.25) is 0 Å². The molecular weight excluding hydrogens is 320 g/mol. The topological polar surface area (TPSA) is 73.8 Å². The zero-order chi connectivity index (χ0) is 18.2. The van der Waals surface area contributed by atoms with Crippen molar-refractivity contribution in [2.45, 2.75) is 20.3 Å². The summed E-state index contributed by atoms with van der Waals surface area (Å²) in [6.45, 7) is 8.80. The van der Waals surface area contributed by atoms with Crippen LogP contribution in [0.3, 0.4) is 0 Å². The zero-order valence-corrected chi connectivity index (χ0v) is 15.8. The van der Waals surface area contributed by atoms with Crippen LogP contribution in [0, 0.1) is 6.92 Å². The molecule has 2 heterocycles. The standard InChI is InChI=1S/C17H30N6O2/c1-5-25-17(24)23-11-9-22(10-12-23)16-19-14(2)13-15(20-16)18-7-6-8-21(3)4/h13H,5-12H2,1-4H3,(H,18,19,20). The lowest BCUT2D eigenvalue weighted by Crippen LogP contribution is -2.49. The second-order valence-corrected chi connectivity index (χ2v) is 6.45. The van der Waals surface area contributed by atoms with Crippen molar-refractivity contribution in [3.63, 3.8) is 0 Å². The van der Waals surface area contributed by atoms with Crippen LogP contribution in [0.4, 0.5) is 16.6 Å². The molecule has 0 aromatic carbocycles. The van der Waals surface area contributed by atoms with Gasteiger partial charge in [-0.15, -0.1) is 0 Å². The summed E-state index contributed by atoms with van der Waals surface area (Å²) >= 11 is 0. The Morgan fingerprint density at radius 1 is 1.28 bits per heavy atom. The van der Waals surface area contributed by atoms with Crippen LogP contribution < -0.4 is 10.2 Å². The average Bonchev–Trinajstić information content (AvgIpc) is 2.58. The van der Waals surface area contributed by atoms with Crippen molar-refractivity contribution in [1.82, 2.24) is 19.8 Å². The minimum atomic E-state index is -0.240. The summed E-state index contributed by atoms with van der Waals surface area (Å²) in [5.74, 6) is 1.58.